The minimum atomic E-state index is -0.113. The molecule has 2 N–H and O–H groups in total. The molecular weight excluding hydrogens is 252 g/mol. The Kier molecular flexibility index (Phi) is 3.69. The van der Waals surface area contributed by atoms with Crippen LogP contribution in [-0.4, -0.2) is 32.0 Å². The lowest BCUT2D eigenvalue weighted by Gasteiger charge is -2.27. The van der Waals surface area contributed by atoms with Crippen molar-refractivity contribution < 1.29 is 5.11 Å². The topological polar surface area (TPSA) is 63.0 Å². The Morgan fingerprint density at radius 3 is 2.75 bits per heavy atom. The van der Waals surface area contributed by atoms with Crippen LogP contribution in [0.3, 0.4) is 0 Å². The van der Waals surface area contributed by atoms with Crippen LogP contribution >= 0.6 is 0 Å². The van der Waals surface area contributed by atoms with Crippen LogP contribution < -0.4 is 5.32 Å². The second kappa shape index (κ2) is 5.63. The van der Waals surface area contributed by atoms with Gasteiger partial charge in [0.2, 0.25) is 0 Å². The molecule has 0 atom stereocenters. The van der Waals surface area contributed by atoms with Gasteiger partial charge in [0.25, 0.3) is 0 Å². The second-order valence-corrected chi connectivity index (χ2v) is 5.50. The first-order chi connectivity index (χ1) is 9.72. The minimum Gasteiger partial charge on any atom is -0.393 e. The van der Waals surface area contributed by atoms with Crippen LogP contribution in [0.5, 0.6) is 0 Å². The maximum Gasteiger partial charge on any atom is 0.163 e. The van der Waals surface area contributed by atoms with E-state index in [-0.39, 0.29) is 6.10 Å². The largest absolute Gasteiger partial charge is 0.393 e. The maximum atomic E-state index is 9.55. The van der Waals surface area contributed by atoms with Crippen LogP contribution in [0.15, 0.2) is 30.6 Å². The number of aliphatic hydroxyl groups is 1. The van der Waals surface area contributed by atoms with E-state index in [4.69, 9.17) is 0 Å². The summed E-state index contributed by atoms with van der Waals surface area (Å²) in [6.45, 7) is 0. The molecule has 1 aromatic carbocycles. The summed E-state index contributed by atoms with van der Waals surface area (Å²) in [5.41, 5.74) is 2.16. The highest BCUT2D eigenvalue weighted by Crippen LogP contribution is 2.25. The fourth-order valence-electron chi connectivity index (χ4n) is 2.75. The van der Waals surface area contributed by atoms with Crippen LogP contribution in [0.25, 0.3) is 11.4 Å². The fraction of sp³-hybridized carbons (Fsp3) is 0.467. The smallest absolute Gasteiger partial charge is 0.163 e. The Labute approximate surface area is 118 Å². The maximum absolute atomic E-state index is 9.55. The molecule has 0 bridgehead atoms. The normalized spacial score (nSPS) is 22.7. The van der Waals surface area contributed by atoms with Gasteiger partial charge in [-0.25, -0.2) is 0 Å². The monoisotopic (exact) mass is 272 g/mol. The Morgan fingerprint density at radius 1 is 1.25 bits per heavy atom. The van der Waals surface area contributed by atoms with Crippen molar-refractivity contribution in [1.82, 2.24) is 14.8 Å². The summed E-state index contributed by atoms with van der Waals surface area (Å²) in [7, 11) is 1.94. The molecule has 20 heavy (non-hydrogen) atoms. The second-order valence-electron chi connectivity index (χ2n) is 5.50. The molecule has 1 fully saturated rings. The lowest BCUT2D eigenvalue weighted by molar-refractivity contribution is 0.126. The van der Waals surface area contributed by atoms with E-state index in [1.54, 1.807) is 6.33 Å². The molecule has 5 nitrogen and oxygen atoms in total. The molecule has 3 rings (SSSR count). The molecule has 1 aliphatic rings. The third-order valence-electron chi connectivity index (χ3n) is 3.90. The number of rotatable bonds is 3. The van der Waals surface area contributed by atoms with E-state index in [1.165, 1.54) is 0 Å². The van der Waals surface area contributed by atoms with Gasteiger partial charge in [-0.05, 0) is 37.8 Å². The standard InChI is InChI=1S/C15H20N4O/c1-19-10-16-18-15(19)11-3-2-4-13(9-11)17-12-5-7-14(20)8-6-12/h2-4,9-10,12,14,17,20H,5-8H2,1H3. The number of aliphatic hydroxyl groups excluding tert-OH is 1. The fourth-order valence-corrected chi connectivity index (χ4v) is 2.75. The summed E-state index contributed by atoms with van der Waals surface area (Å²) in [6.07, 6.45) is 5.42. The first-order valence-corrected chi connectivity index (χ1v) is 7.11. The van der Waals surface area contributed by atoms with Crippen LogP contribution in [0, 0.1) is 0 Å². The molecule has 1 aliphatic carbocycles. The molecule has 5 heteroatoms. The van der Waals surface area contributed by atoms with Gasteiger partial charge in [-0.1, -0.05) is 12.1 Å². The van der Waals surface area contributed by atoms with Gasteiger partial charge in [-0.3, -0.25) is 0 Å². The zero-order valence-electron chi connectivity index (χ0n) is 11.7. The van der Waals surface area contributed by atoms with Crippen molar-refractivity contribution in [1.29, 1.82) is 0 Å². The van der Waals surface area contributed by atoms with Gasteiger partial charge in [-0.2, -0.15) is 0 Å². The molecule has 1 saturated carbocycles. The summed E-state index contributed by atoms with van der Waals surface area (Å²) in [4.78, 5) is 0. The quantitative estimate of drug-likeness (QED) is 0.899. The Morgan fingerprint density at radius 2 is 2.05 bits per heavy atom. The lowest BCUT2D eigenvalue weighted by atomic mass is 9.93. The average Bonchev–Trinajstić information content (AvgIpc) is 2.88. The number of anilines is 1. The van der Waals surface area contributed by atoms with Crippen molar-refractivity contribution in [2.45, 2.75) is 37.8 Å². The predicted molar refractivity (Wildman–Crippen MR) is 78.3 cm³/mol. The highest BCUT2D eigenvalue weighted by Gasteiger charge is 2.19. The van der Waals surface area contributed by atoms with Crippen LogP contribution in [0.4, 0.5) is 5.69 Å². The molecular formula is C15H20N4O. The third kappa shape index (κ3) is 2.82. The zero-order chi connectivity index (χ0) is 13.9. The number of aryl methyl sites for hydroxylation is 1. The first-order valence-electron chi connectivity index (χ1n) is 7.11. The minimum absolute atomic E-state index is 0.113. The molecule has 1 heterocycles. The van der Waals surface area contributed by atoms with E-state index in [0.29, 0.717) is 6.04 Å². The molecule has 1 aromatic heterocycles. The van der Waals surface area contributed by atoms with Crippen molar-refractivity contribution in [3.63, 3.8) is 0 Å². The first kappa shape index (κ1) is 13.1. The van der Waals surface area contributed by atoms with E-state index >= 15 is 0 Å². The van der Waals surface area contributed by atoms with E-state index < -0.39 is 0 Å². The van der Waals surface area contributed by atoms with E-state index in [0.717, 1.165) is 42.8 Å². The Balaban J connectivity index is 1.73. The summed E-state index contributed by atoms with van der Waals surface area (Å²) in [5.74, 6) is 0.868. The molecule has 0 aliphatic heterocycles. The summed E-state index contributed by atoms with van der Waals surface area (Å²) in [5, 5.41) is 21.2. The average molecular weight is 272 g/mol. The molecule has 0 spiro atoms. The Hall–Kier alpha value is -1.88. The van der Waals surface area contributed by atoms with E-state index in [1.807, 2.05) is 23.7 Å². The van der Waals surface area contributed by atoms with Crippen molar-refractivity contribution >= 4 is 5.69 Å². The highest BCUT2D eigenvalue weighted by molar-refractivity contribution is 5.62. The molecule has 0 saturated heterocycles. The molecule has 0 amide bonds. The van der Waals surface area contributed by atoms with Crippen molar-refractivity contribution in [2.24, 2.45) is 7.05 Å². The number of hydrogen-bond donors (Lipinski definition) is 2. The number of nitrogens with one attached hydrogen (secondary N) is 1. The number of aromatic nitrogens is 3. The van der Waals surface area contributed by atoms with Crippen molar-refractivity contribution in [2.75, 3.05) is 5.32 Å². The van der Waals surface area contributed by atoms with Crippen LogP contribution in [0.1, 0.15) is 25.7 Å². The zero-order valence-corrected chi connectivity index (χ0v) is 11.7. The number of hydrogen-bond acceptors (Lipinski definition) is 4. The Bertz CT molecular complexity index is 573. The number of nitrogens with zero attached hydrogens (tertiary/aromatic N) is 3. The van der Waals surface area contributed by atoms with Gasteiger partial charge < -0.3 is 15.0 Å². The summed E-state index contributed by atoms with van der Waals surface area (Å²) < 4.78 is 1.91. The SMILES string of the molecule is Cn1cnnc1-c1cccc(NC2CCC(O)CC2)c1. The van der Waals surface area contributed by atoms with E-state index in [9.17, 15) is 5.11 Å². The third-order valence-corrected chi connectivity index (χ3v) is 3.90. The van der Waals surface area contributed by atoms with Gasteiger partial charge in [-0.15, -0.1) is 10.2 Å². The predicted octanol–water partition coefficient (Wildman–Crippen LogP) is 2.20. The lowest BCUT2D eigenvalue weighted by Crippen LogP contribution is -2.28. The van der Waals surface area contributed by atoms with Crippen molar-refractivity contribution in [3.8, 4) is 11.4 Å². The van der Waals surface area contributed by atoms with Gasteiger partial charge in [0.1, 0.15) is 6.33 Å². The molecule has 0 radical (unpaired) electrons. The van der Waals surface area contributed by atoms with Gasteiger partial charge in [0.05, 0.1) is 6.10 Å². The van der Waals surface area contributed by atoms with Crippen molar-refractivity contribution in [3.05, 3.63) is 30.6 Å². The van der Waals surface area contributed by atoms with Gasteiger partial charge >= 0.3 is 0 Å². The van der Waals surface area contributed by atoms with Gasteiger partial charge in [0.15, 0.2) is 5.82 Å². The van der Waals surface area contributed by atoms with E-state index in [2.05, 4.69) is 27.6 Å². The van der Waals surface area contributed by atoms with Crippen LogP contribution in [0.2, 0.25) is 0 Å². The summed E-state index contributed by atoms with van der Waals surface area (Å²) in [6, 6.07) is 8.71. The highest BCUT2D eigenvalue weighted by atomic mass is 16.3. The summed E-state index contributed by atoms with van der Waals surface area (Å²) >= 11 is 0. The molecule has 2 aromatic rings. The van der Waals surface area contributed by atoms with Gasteiger partial charge in [0, 0.05) is 24.3 Å². The molecule has 0 unspecified atom stereocenters. The molecule has 106 valence electrons. The van der Waals surface area contributed by atoms with Crippen LogP contribution in [-0.2, 0) is 7.05 Å². The number of benzene rings is 1.